The number of carbonyl (C=O) groups is 1. The largest absolute Gasteiger partial charge is 0.344 e. The summed E-state index contributed by atoms with van der Waals surface area (Å²) in [7, 11) is 0. The summed E-state index contributed by atoms with van der Waals surface area (Å²) in [6.07, 6.45) is 1.77. The van der Waals surface area contributed by atoms with Gasteiger partial charge >= 0.3 is 0 Å². The zero-order valence-corrected chi connectivity index (χ0v) is 13.9. The topological polar surface area (TPSA) is 80.0 Å². The molecule has 2 N–H and O–H groups in total. The van der Waals surface area contributed by atoms with Gasteiger partial charge in [0, 0.05) is 11.3 Å². The van der Waals surface area contributed by atoms with Gasteiger partial charge in [0.05, 0.1) is 0 Å². The van der Waals surface area contributed by atoms with Crippen LogP contribution < -0.4 is 10.6 Å². The highest BCUT2D eigenvalue weighted by Gasteiger charge is 2.26. The maximum Gasteiger partial charge on any atom is 0.248 e. The number of hydrogen-bond donors (Lipinski definition) is 2. The highest BCUT2D eigenvalue weighted by atomic mass is 35.5. The lowest BCUT2D eigenvalue weighted by Gasteiger charge is -2.22. The van der Waals surface area contributed by atoms with Crippen LogP contribution in [0.15, 0.2) is 4.52 Å². The summed E-state index contributed by atoms with van der Waals surface area (Å²) in [4.78, 5) is 16.5. The lowest BCUT2D eigenvalue weighted by atomic mass is 9.96. The molecule has 1 unspecified atom stereocenters. The molecule has 0 aromatic carbocycles. The summed E-state index contributed by atoms with van der Waals surface area (Å²) in [5.74, 6) is 1.30. The Morgan fingerprint density at radius 2 is 2.00 bits per heavy atom. The number of rotatable bonds is 3. The molecule has 1 amide bonds. The summed E-state index contributed by atoms with van der Waals surface area (Å²) < 4.78 is 5.25. The SMILES string of the molecule is CC(NC(=O)C1CCNCC1)c1nc(C(C)(C)C)no1.Cl. The third-order valence-electron chi connectivity index (χ3n) is 3.55. The number of carbonyl (C=O) groups excluding carboxylic acids is 1. The predicted octanol–water partition coefficient (Wildman–Crippen LogP) is 1.97. The molecule has 1 aliphatic heterocycles. The van der Waals surface area contributed by atoms with Gasteiger partial charge in [-0.15, -0.1) is 12.4 Å². The minimum atomic E-state index is -0.249. The monoisotopic (exact) mass is 316 g/mol. The van der Waals surface area contributed by atoms with E-state index >= 15 is 0 Å². The van der Waals surface area contributed by atoms with E-state index in [1.807, 2.05) is 27.7 Å². The molecule has 1 fully saturated rings. The minimum Gasteiger partial charge on any atom is -0.344 e. The summed E-state index contributed by atoms with van der Waals surface area (Å²) in [5, 5.41) is 10.2. The van der Waals surface area contributed by atoms with Gasteiger partial charge < -0.3 is 15.2 Å². The van der Waals surface area contributed by atoms with E-state index < -0.39 is 0 Å². The first kappa shape index (κ1) is 17.9. The van der Waals surface area contributed by atoms with Crippen LogP contribution in [-0.2, 0) is 10.2 Å². The molecule has 0 saturated carbocycles. The number of aromatic nitrogens is 2. The first-order chi connectivity index (χ1) is 9.38. The molecule has 6 nitrogen and oxygen atoms in total. The molecule has 1 atom stereocenters. The maximum atomic E-state index is 12.2. The Kier molecular flexibility index (Phi) is 6.16. The Morgan fingerprint density at radius 1 is 1.38 bits per heavy atom. The fraction of sp³-hybridized carbons (Fsp3) is 0.786. The normalized spacial score (nSPS) is 17.9. The van der Waals surface area contributed by atoms with E-state index in [4.69, 9.17) is 4.52 Å². The van der Waals surface area contributed by atoms with E-state index in [1.165, 1.54) is 0 Å². The lowest BCUT2D eigenvalue weighted by Crippen LogP contribution is -2.39. The van der Waals surface area contributed by atoms with Crippen molar-refractivity contribution in [1.29, 1.82) is 0 Å². The van der Waals surface area contributed by atoms with Gasteiger partial charge in [-0.3, -0.25) is 4.79 Å². The first-order valence-electron chi connectivity index (χ1n) is 7.23. The van der Waals surface area contributed by atoms with Crippen LogP contribution in [-0.4, -0.2) is 29.1 Å². The molecule has 21 heavy (non-hydrogen) atoms. The summed E-state index contributed by atoms with van der Waals surface area (Å²) >= 11 is 0. The molecule has 0 radical (unpaired) electrons. The highest BCUT2D eigenvalue weighted by molar-refractivity contribution is 5.85. The van der Waals surface area contributed by atoms with Crippen molar-refractivity contribution in [3.8, 4) is 0 Å². The van der Waals surface area contributed by atoms with Crippen LogP contribution in [0.5, 0.6) is 0 Å². The lowest BCUT2D eigenvalue weighted by molar-refractivity contribution is -0.126. The van der Waals surface area contributed by atoms with Gasteiger partial charge in [0.15, 0.2) is 5.82 Å². The van der Waals surface area contributed by atoms with Crippen molar-refractivity contribution in [2.24, 2.45) is 5.92 Å². The Hall–Kier alpha value is -1.14. The number of amides is 1. The molecule has 0 bridgehead atoms. The van der Waals surface area contributed by atoms with Crippen molar-refractivity contribution >= 4 is 18.3 Å². The van der Waals surface area contributed by atoms with Crippen molar-refractivity contribution in [3.05, 3.63) is 11.7 Å². The van der Waals surface area contributed by atoms with Crippen molar-refractivity contribution in [3.63, 3.8) is 0 Å². The maximum absolute atomic E-state index is 12.2. The zero-order valence-electron chi connectivity index (χ0n) is 13.1. The van der Waals surface area contributed by atoms with E-state index in [0.29, 0.717) is 11.7 Å². The van der Waals surface area contributed by atoms with Gasteiger partial charge in [-0.1, -0.05) is 25.9 Å². The van der Waals surface area contributed by atoms with Gasteiger partial charge in [-0.25, -0.2) is 0 Å². The average molecular weight is 317 g/mol. The number of hydrogen-bond acceptors (Lipinski definition) is 5. The molecule has 1 aromatic heterocycles. The summed E-state index contributed by atoms with van der Waals surface area (Å²) in [6, 6.07) is -0.249. The molecular weight excluding hydrogens is 292 g/mol. The van der Waals surface area contributed by atoms with Crippen LogP contribution in [0.3, 0.4) is 0 Å². The van der Waals surface area contributed by atoms with Crippen LogP contribution in [0.2, 0.25) is 0 Å². The van der Waals surface area contributed by atoms with E-state index in [-0.39, 0.29) is 35.7 Å². The van der Waals surface area contributed by atoms with Gasteiger partial charge in [-0.2, -0.15) is 4.98 Å². The molecular formula is C14H25ClN4O2. The second kappa shape index (κ2) is 7.22. The standard InChI is InChI=1S/C14H24N4O2.ClH/c1-9(12-17-13(18-20-12)14(2,3)4)16-11(19)10-5-7-15-8-6-10;/h9-10,15H,5-8H2,1-4H3,(H,16,19);1H. The highest BCUT2D eigenvalue weighted by Crippen LogP contribution is 2.21. The Balaban J connectivity index is 0.00000220. The Labute approximate surface area is 131 Å². The quantitative estimate of drug-likeness (QED) is 0.891. The van der Waals surface area contributed by atoms with Crippen LogP contribution in [0, 0.1) is 5.92 Å². The number of nitrogens with one attached hydrogen (secondary N) is 2. The van der Waals surface area contributed by atoms with Crippen LogP contribution >= 0.6 is 12.4 Å². The van der Waals surface area contributed by atoms with Crippen LogP contribution in [0.1, 0.15) is 58.3 Å². The van der Waals surface area contributed by atoms with Crippen molar-refractivity contribution in [2.75, 3.05) is 13.1 Å². The van der Waals surface area contributed by atoms with Crippen molar-refractivity contribution in [2.45, 2.75) is 52.0 Å². The predicted molar refractivity (Wildman–Crippen MR) is 82.4 cm³/mol. The van der Waals surface area contributed by atoms with E-state index in [2.05, 4.69) is 20.8 Å². The Morgan fingerprint density at radius 3 is 2.52 bits per heavy atom. The van der Waals surface area contributed by atoms with E-state index in [1.54, 1.807) is 0 Å². The molecule has 1 aromatic rings. The van der Waals surface area contributed by atoms with Gasteiger partial charge in [-0.05, 0) is 32.9 Å². The third-order valence-corrected chi connectivity index (χ3v) is 3.55. The zero-order chi connectivity index (χ0) is 14.8. The van der Waals surface area contributed by atoms with Crippen LogP contribution in [0.25, 0.3) is 0 Å². The molecule has 2 rings (SSSR count). The third kappa shape index (κ3) is 4.68. The molecule has 1 aliphatic rings. The first-order valence-corrected chi connectivity index (χ1v) is 7.23. The average Bonchev–Trinajstić information content (AvgIpc) is 2.89. The molecule has 0 spiro atoms. The number of piperidine rings is 1. The second-order valence-corrected chi connectivity index (χ2v) is 6.46. The van der Waals surface area contributed by atoms with Gasteiger partial charge in [0.1, 0.15) is 6.04 Å². The number of halogens is 1. The molecule has 1 saturated heterocycles. The van der Waals surface area contributed by atoms with Crippen molar-refractivity contribution < 1.29 is 9.32 Å². The summed E-state index contributed by atoms with van der Waals surface area (Å²) in [5.41, 5.74) is -0.152. The fourth-order valence-electron chi connectivity index (χ4n) is 2.19. The molecule has 0 aliphatic carbocycles. The molecule has 7 heteroatoms. The van der Waals surface area contributed by atoms with Crippen molar-refractivity contribution in [1.82, 2.24) is 20.8 Å². The molecule has 120 valence electrons. The summed E-state index contributed by atoms with van der Waals surface area (Å²) in [6.45, 7) is 9.76. The van der Waals surface area contributed by atoms with Crippen LogP contribution in [0.4, 0.5) is 0 Å². The van der Waals surface area contributed by atoms with E-state index in [9.17, 15) is 4.79 Å². The molecule has 2 heterocycles. The number of nitrogens with zero attached hydrogens (tertiary/aromatic N) is 2. The Bertz CT molecular complexity index is 464. The fourth-order valence-corrected chi connectivity index (χ4v) is 2.19. The second-order valence-electron chi connectivity index (χ2n) is 6.46. The van der Waals surface area contributed by atoms with E-state index in [0.717, 1.165) is 25.9 Å². The smallest absolute Gasteiger partial charge is 0.248 e. The van der Waals surface area contributed by atoms with Gasteiger partial charge in [0.25, 0.3) is 0 Å². The minimum absolute atomic E-state index is 0. The van der Waals surface area contributed by atoms with Gasteiger partial charge in [0.2, 0.25) is 11.8 Å².